The highest BCUT2D eigenvalue weighted by molar-refractivity contribution is 6.18. The number of alkyl halides is 1. The summed E-state index contributed by atoms with van der Waals surface area (Å²) in [6, 6.07) is 3.50. The lowest BCUT2D eigenvalue weighted by atomic mass is 9.93. The highest BCUT2D eigenvalue weighted by atomic mass is 19.1. The molecular weight excluding hydrogens is 605 g/mol. The first-order chi connectivity index (χ1) is 22.8. The fourth-order valence-corrected chi connectivity index (χ4v) is 8.65. The minimum atomic E-state index is -0.908. The number of nitrogens with zero attached hydrogens (tertiary/aromatic N) is 7. The number of hydrogen-bond acceptors (Lipinski definition) is 8. The van der Waals surface area contributed by atoms with Gasteiger partial charge in [-0.05, 0) is 44.4 Å². The number of hydrogen-bond donors (Lipinski definition) is 1. The van der Waals surface area contributed by atoms with Gasteiger partial charge in [0.15, 0.2) is 5.82 Å². The van der Waals surface area contributed by atoms with Crippen molar-refractivity contribution in [2.24, 2.45) is 7.05 Å². The minimum absolute atomic E-state index is 0.0234. The minimum Gasteiger partial charge on any atom is -0.461 e. The molecule has 0 amide bonds. The number of fused-ring (bicyclic) bond motifs is 7. The SMILES string of the molecule is C#Cc1c(F)ccc2cncc(-c3c(F)c4nc(OC[C@@]56CCCN5C[C@H](F)C6)nc(N5C[C@H]6CC[C@@H](C5)N6)c4c4cn(C)nc34)c12. The summed E-state index contributed by atoms with van der Waals surface area (Å²) < 4.78 is 55.0. The van der Waals surface area contributed by atoms with Crippen molar-refractivity contribution in [3.63, 3.8) is 0 Å². The van der Waals surface area contributed by atoms with Crippen LogP contribution in [0.1, 0.15) is 37.7 Å². The monoisotopic (exact) mass is 638 g/mol. The molecule has 4 atom stereocenters. The maximum absolute atomic E-state index is 17.4. The Morgan fingerprint density at radius 1 is 1.09 bits per heavy atom. The zero-order valence-electron chi connectivity index (χ0n) is 25.9. The Labute approximate surface area is 269 Å². The molecule has 12 heteroatoms. The van der Waals surface area contributed by atoms with E-state index in [1.165, 1.54) is 12.3 Å². The smallest absolute Gasteiger partial charge is 0.319 e. The average molecular weight is 639 g/mol. The molecule has 4 aliphatic rings. The van der Waals surface area contributed by atoms with Crippen LogP contribution in [0, 0.1) is 24.0 Å². The lowest BCUT2D eigenvalue weighted by Crippen LogP contribution is -2.51. The van der Waals surface area contributed by atoms with Gasteiger partial charge in [-0.2, -0.15) is 15.1 Å². The third-order valence-corrected chi connectivity index (χ3v) is 10.7. The maximum atomic E-state index is 17.4. The van der Waals surface area contributed by atoms with Gasteiger partial charge in [0, 0.05) is 85.5 Å². The number of rotatable bonds is 5. The van der Waals surface area contributed by atoms with Gasteiger partial charge in [0.1, 0.15) is 35.4 Å². The van der Waals surface area contributed by atoms with Crippen molar-refractivity contribution in [1.29, 1.82) is 0 Å². The lowest BCUT2D eigenvalue weighted by molar-refractivity contribution is 0.107. The normalized spacial score (nSPS) is 25.7. The fourth-order valence-electron chi connectivity index (χ4n) is 8.65. The fraction of sp³-hybridized carbons (Fsp3) is 0.429. The van der Waals surface area contributed by atoms with E-state index in [1.54, 1.807) is 24.0 Å². The second-order valence-corrected chi connectivity index (χ2v) is 13.6. The van der Waals surface area contributed by atoms with Crippen LogP contribution in [0.4, 0.5) is 19.0 Å². The number of pyridine rings is 1. The van der Waals surface area contributed by atoms with E-state index in [0.29, 0.717) is 76.6 Å². The molecule has 0 spiro atoms. The third-order valence-electron chi connectivity index (χ3n) is 10.7. The summed E-state index contributed by atoms with van der Waals surface area (Å²) in [6.07, 6.45) is 14.1. The first-order valence-electron chi connectivity index (χ1n) is 16.2. The van der Waals surface area contributed by atoms with Gasteiger partial charge in [0.05, 0.1) is 22.1 Å². The van der Waals surface area contributed by atoms with Crippen molar-refractivity contribution in [2.45, 2.75) is 55.9 Å². The Bertz CT molecular complexity index is 2130. The predicted molar refractivity (Wildman–Crippen MR) is 173 cm³/mol. The van der Waals surface area contributed by atoms with E-state index in [-0.39, 0.29) is 29.3 Å². The van der Waals surface area contributed by atoms with Gasteiger partial charge in [0.25, 0.3) is 0 Å². The third kappa shape index (κ3) is 4.39. The molecule has 9 nitrogen and oxygen atoms in total. The van der Waals surface area contributed by atoms with E-state index >= 15 is 8.78 Å². The van der Waals surface area contributed by atoms with Gasteiger partial charge < -0.3 is 15.0 Å². The second kappa shape index (κ2) is 10.5. The van der Waals surface area contributed by atoms with Crippen LogP contribution >= 0.6 is 0 Å². The molecule has 4 aliphatic heterocycles. The first kappa shape index (κ1) is 28.7. The molecule has 4 saturated heterocycles. The first-order valence-corrected chi connectivity index (χ1v) is 16.2. The summed E-state index contributed by atoms with van der Waals surface area (Å²) in [4.78, 5) is 18.4. The maximum Gasteiger partial charge on any atom is 0.319 e. The molecule has 47 heavy (non-hydrogen) atoms. The lowest BCUT2D eigenvalue weighted by Gasteiger charge is -2.35. The van der Waals surface area contributed by atoms with E-state index in [0.717, 1.165) is 32.2 Å². The van der Waals surface area contributed by atoms with Crippen molar-refractivity contribution in [1.82, 2.24) is 34.9 Å². The summed E-state index contributed by atoms with van der Waals surface area (Å²) in [7, 11) is 1.77. The Balaban J connectivity index is 1.28. The van der Waals surface area contributed by atoms with E-state index in [2.05, 4.69) is 26.0 Å². The molecule has 1 N–H and O–H groups in total. The summed E-state index contributed by atoms with van der Waals surface area (Å²) >= 11 is 0. The second-order valence-electron chi connectivity index (χ2n) is 13.6. The number of ether oxygens (including phenoxy) is 1. The van der Waals surface area contributed by atoms with Gasteiger partial charge >= 0.3 is 6.01 Å². The summed E-state index contributed by atoms with van der Waals surface area (Å²) in [5, 5.41) is 10.5. The van der Waals surface area contributed by atoms with Crippen molar-refractivity contribution in [3.05, 3.63) is 47.9 Å². The standard InChI is InChI=1S/C35H33F3N8O/c1-3-23-26(37)8-5-19-12-39-13-24(27(19)23)28-30(38)32-29(25-17-44(2)43-31(25)28)33(45-15-21-6-7-22(16-45)40-21)42-34(41-32)47-18-35-9-4-10-46(35)14-20(36)11-35/h1,5,8,12-13,17,20-22,40H,4,6-7,9-11,14-16,18H2,2H3/t20-,21-,22+,35+/m1/s1. The Hall–Kier alpha value is -4.47. The van der Waals surface area contributed by atoms with Gasteiger partial charge in [-0.25, -0.2) is 13.2 Å². The molecule has 4 fully saturated rings. The van der Waals surface area contributed by atoms with Crippen LogP contribution in [0.15, 0.2) is 30.7 Å². The quantitative estimate of drug-likeness (QED) is 0.273. The number of halogens is 3. The van der Waals surface area contributed by atoms with Crippen LogP contribution in [-0.4, -0.2) is 86.2 Å². The number of aromatic nitrogens is 5. The van der Waals surface area contributed by atoms with E-state index < -0.39 is 23.3 Å². The largest absolute Gasteiger partial charge is 0.461 e. The van der Waals surface area contributed by atoms with Crippen LogP contribution in [0.5, 0.6) is 6.01 Å². The number of nitrogens with one attached hydrogen (secondary N) is 1. The molecule has 9 rings (SSSR count). The summed E-state index contributed by atoms with van der Waals surface area (Å²) in [5.41, 5.74) is 0.485. The number of terminal acetylenes is 1. The number of anilines is 1. The molecule has 0 saturated carbocycles. The van der Waals surface area contributed by atoms with Crippen LogP contribution in [-0.2, 0) is 7.05 Å². The van der Waals surface area contributed by atoms with E-state index in [9.17, 15) is 4.39 Å². The molecule has 0 unspecified atom stereocenters. The molecule has 5 aromatic rings. The highest BCUT2D eigenvalue weighted by Crippen LogP contribution is 2.45. The van der Waals surface area contributed by atoms with Crippen molar-refractivity contribution in [2.75, 3.05) is 37.7 Å². The molecule has 240 valence electrons. The van der Waals surface area contributed by atoms with Gasteiger partial charge in [0.2, 0.25) is 0 Å². The van der Waals surface area contributed by atoms with Crippen LogP contribution in [0.25, 0.3) is 43.7 Å². The molecule has 0 aliphatic carbocycles. The number of aryl methyl sites for hydroxylation is 1. The molecule has 2 aromatic carbocycles. The van der Waals surface area contributed by atoms with Crippen LogP contribution < -0.4 is 15.0 Å². The average Bonchev–Trinajstić information content (AvgIpc) is 3.81. The van der Waals surface area contributed by atoms with Crippen molar-refractivity contribution in [3.8, 4) is 29.5 Å². The summed E-state index contributed by atoms with van der Waals surface area (Å²) in [6.45, 7) is 2.84. The topological polar surface area (TPSA) is 84.2 Å². The highest BCUT2D eigenvalue weighted by Gasteiger charge is 2.49. The van der Waals surface area contributed by atoms with Crippen molar-refractivity contribution >= 4 is 38.4 Å². The Morgan fingerprint density at radius 2 is 1.91 bits per heavy atom. The number of piperazine rings is 1. The van der Waals surface area contributed by atoms with Gasteiger partial charge in [-0.1, -0.05) is 5.92 Å². The van der Waals surface area contributed by atoms with Gasteiger partial charge in [-0.3, -0.25) is 14.6 Å². The molecule has 0 radical (unpaired) electrons. The van der Waals surface area contributed by atoms with Crippen molar-refractivity contribution < 1.29 is 17.9 Å². The van der Waals surface area contributed by atoms with E-state index in [1.807, 2.05) is 6.20 Å². The summed E-state index contributed by atoms with van der Waals surface area (Å²) in [5.74, 6) is 1.81. The molecule has 3 aromatic heterocycles. The molecule has 7 heterocycles. The molecular formula is C35H33F3N8O. The molecule has 2 bridgehead atoms. The Kier molecular flexibility index (Phi) is 6.43. The zero-order chi connectivity index (χ0) is 32.0. The van der Waals surface area contributed by atoms with Gasteiger partial charge in [-0.15, -0.1) is 6.42 Å². The van der Waals surface area contributed by atoms with Crippen LogP contribution in [0.2, 0.25) is 0 Å². The predicted octanol–water partition coefficient (Wildman–Crippen LogP) is 4.89. The van der Waals surface area contributed by atoms with Crippen LogP contribution in [0.3, 0.4) is 0 Å². The number of benzene rings is 2. The zero-order valence-corrected chi connectivity index (χ0v) is 25.9. The Morgan fingerprint density at radius 3 is 2.72 bits per heavy atom. The van der Waals surface area contributed by atoms with E-state index in [4.69, 9.17) is 26.2 Å².